The van der Waals surface area contributed by atoms with Gasteiger partial charge >= 0.3 is 0 Å². The highest BCUT2D eigenvalue weighted by Gasteiger charge is 2.12. The van der Waals surface area contributed by atoms with Crippen LogP contribution in [0.25, 0.3) is 0 Å². The van der Waals surface area contributed by atoms with Crippen LogP contribution in [0.3, 0.4) is 0 Å². The number of rotatable bonds is 7. The first-order chi connectivity index (χ1) is 10.2. The molecule has 1 aromatic carbocycles. The highest BCUT2D eigenvalue weighted by molar-refractivity contribution is 7.98. The van der Waals surface area contributed by atoms with Crippen LogP contribution < -0.4 is 15.2 Å². The van der Waals surface area contributed by atoms with E-state index >= 15 is 0 Å². The van der Waals surface area contributed by atoms with Crippen molar-refractivity contribution in [3.63, 3.8) is 0 Å². The summed E-state index contributed by atoms with van der Waals surface area (Å²) < 4.78 is 12.7. The molecule has 0 unspecified atom stereocenters. The van der Waals surface area contributed by atoms with Crippen LogP contribution in [0.4, 0.5) is 0 Å². The molecule has 0 fully saturated rings. The molecule has 0 aliphatic rings. The van der Waals surface area contributed by atoms with E-state index in [0.717, 1.165) is 40.3 Å². The van der Waals surface area contributed by atoms with Crippen molar-refractivity contribution >= 4 is 11.8 Å². The lowest BCUT2D eigenvalue weighted by Crippen LogP contribution is -2.08. The normalized spacial score (nSPS) is 10.7. The zero-order valence-electron chi connectivity index (χ0n) is 12.5. The average Bonchev–Trinajstić information content (AvgIpc) is 2.94. The van der Waals surface area contributed by atoms with Crippen molar-refractivity contribution < 1.29 is 9.47 Å². The molecule has 0 atom stereocenters. The maximum Gasteiger partial charge on any atom is 0.191 e. The summed E-state index contributed by atoms with van der Waals surface area (Å²) >= 11 is 1.61. The third kappa shape index (κ3) is 3.48. The van der Waals surface area contributed by atoms with Gasteiger partial charge in [0, 0.05) is 17.9 Å². The second-order valence-corrected chi connectivity index (χ2v) is 5.26. The van der Waals surface area contributed by atoms with Crippen LogP contribution in [0, 0.1) is 0 Å². The lowest BCUT2D eigenvalue weighted by atomic mass is 10.2. The first-order valence-electron chi connectivity index (χ1n) is 6.69. The van der Waals surface area contributed by atoms with Gasteiger partial charge in [0.05, 0.1) is 20.8 Å². The lowest BCUT2D eigenvalue weighted by Gasteiger charge is -2.10. The predicted octanol–water partition coefficient (Wildman–Crippen LogP) is 2.07. The Kier molecular flexibility index (Phi) is 5.46. The molecule has 21 heavy (non-hydrogen) atoms. The topological polar surface area (TPSA) is 75.2 Å². The summed E-state index contributed by atoms with van der Waals surface area (Å²) in [7, 11) is 3.32. The fraction of sp³-hybridized carbons (Fsp3) is 0.429. The van der Waals surface area contributed by atoms with E-state index in [4.69, 9.17) is 15.2 Å². The van der Waals surface area contributed by atoms with Crippen LogP contribution in [0.2, 0.25) is 0 Å². The van der Waals surface area contributed by atoms with Gasteiger partial charge < -0.3 is 19.8 Å². The number of methoxy groups -OCH3 is 2. The van der Waals surface area contributed by atoms with Crippen molar-refractivity contribution in [3.05, 3.63) is 29.6 Å². The molecule has 0 aliphatic heterocycles. The van der Waals surface area contributed by atoms with Crippen LogP contribution in [0.15, 0.2) is 23.4 Å². The molecule has 2 N–H and O–H groups in total. The molecule has 2 rings (SSSR count). The van der Waals surface area contributed by atoms with Gasteiger partial charge in [-0.15, -0.1) is 10.2 Å². The van der Waals surface area contributed by atoms with Crippen LogP contribution in [-0.2, 0) is 18.8 Å². The second kappa shape index (κ2) is 7.33. The molecule has 0 aliphatic carbocycles. The molecule has 114 valence electrons. The molecule has 7 heteroatoms. The smallest absolute Gasteiger partial charge is 0.191 e. The van der Waals surface area contributed by atoms with E-state index in [9.17, 15) is 0 Å². The summed E-state index contributed by atoms with van der Waals surface area (Å²) in [5.74, 6) is 3.18. The van der Waals surface area contributed by atoms with Crippen molar-refractivity contribution in [2.75, 3.05) is 14.2 Å². The van der Waals surface area contributed by atoms with Crippen LogP contribution in [-0.4, -0.2) is 29.0 Å². The Morgan fingerprint density at radius 3 is 2.67 bits per heavy atom. The number of nitrogens with two attached hydrogens (primary N) is 1. The van der Waals surface area contributed by atoms with Gasteiger partial charge in [-0.1, -0.05) is 11.8 Å². The van der Waals surface area contributed by atoms with Gasteiger partial charge in [0.1, 0.15) is 17.3 Å². The molecular formula is C14H20N4O2S. The van der Waals surface area contributed by atoms with Gasteiger partial charge in [-0.25, -0.2) is 0 Å². The SMILES string of the molecule is CCn1c(CN)nnc1SCc1cc(OC)ccc1OC. The average molecular weight is 308 g/mol. The number of hydrogen-bond donors (Lipinski definition) is 1. The van der Waals surface area contributed by atoms with Gasteiger partial charge in [0.15, 0.2) is 5.16 Å². The minimum Gasteiger partial charge on any atom is -0.497 e. The van der Waals surface area contributed by atoms with E-state index in [1.807, 2.05) is 22.8 Å². The van der Waals surface area contributed by atoms with Gasteiger partial charge in [-0.3, -0.25) is 0 Å². The summed E-state index contributed by atoms with van der Waals surface area (Å²) in [5.41, 5.74) is 6.72. The molecular weight excluding hydrogens is 288 g/mol. The number of thioether (sulfide) groups is 1. The van der Waals surface area contributed by atoms with Crippen LogP contribution in [0.1, 0.15) is 18.3 Å². The van der Waals surface area contributed by atoms with Gasteiger partial charge in [-0.05, 0) is 25.1 Å². The van der Waals surface area contributed by atoms with Crippen molar-refractivity contribution in [2.24, 2.45) is 5.73 Å². The summed E-state index contributed by atoms with van der Waals surface area (Å²) in [5, 5.41) is 9.16. The van der Waals surface area contributed by atoms with Crippen molar-refractivity contribution in [3.8, 4) is 11.5 Å². The molecule has 0 spiro atoms. The number of benzene rings is 1. The molecule has 0 amide bonds. The molecule has 0 radical (unpaired) electrons. The molecule has 6 nitrogen and oxygen atoms in total. The van der Waals surface area contributed by atoms with E-state index in [1.54, 1.807) is 26.0 Å². The summed E-state index contributed by atoms with van der Waals surface area (Å²) in [4.78, 5) is 0. The maximum atomic E-state index is 5.66. The number of hydrogen-bond acceptors (Lipinski definition) is 6. The molecule has 1 heterocycles. The standard InChI is InChI=1S/C14H20N4O2S/c1-4-18-13(8-15)16-17-14(18)21-9-10-7-11(19-2)5-6-12(10)20-3/h5-7H,4,8-9,15H2,1-3H3. The van der Waals surface area contributed by atoms with Gasteiger partial charge in [-0.2, -0.15) is 0 Å². The minimum absolute atomic E-state index is 0.393. The third-order valence-corrected chi connectivity index (χ3v) is 4.15. The van der Waals surface area contributed by atoms with Crippen molar-refractivity contribution in [1.29, 1.82) is 0 Å². The Morgan fingerprint density at radius 2 is 2.05 bits per heavy atom. The number of nitrogens with zero attached hydrogens (tertiary/aromatic N) is 3. The molecule has 0 saturated heterocycles. The Hall–Kier alpha value is -1.73. The lowest BCUT2D eigenvalue weighted by molar-refractivity contribution is 0.400. The molecule has 1 aromatic heterocycles. The zero-order chi connectivity index (χ0) is 15.2. The summed E-state index contributed by atoms with van der Waals surface area (Å²) in [6.07, 6.45) is 0. The van der Waals surface area contributed by atoms with E-state index < -0.39 is 0 Å². The zero-order valence-corrected chi connectivity index (χ0v) is 13.3. The second-order valence-electron chi connectivity index (χ2n) is 4.31. The van der Waals surface area contributed by atoms with Crippen molar-refractivity contribution in [2.45, 2.75) is 30.9 Å². The van der Waals surface area contributed by atoms with E-state index in [0.29, 0.717) is 6.54 Å². The quantitative estimate of drug-likeness (QED) is 0.789. The Labute approximate surface area is 128 Å². The van der Waals surface area contributed by atoms with Crippen LogP contribution >= 0.6 is 11.8 Å². The van der Waals surface area contributed by atoms with Crippen LogP contribution in [0.5, 0.6) is 11.5 Å². The fourth-order valence-corrected chi connectivity index (χ4v) is 3.03. The number of aromatic nitrogens is 3. The van der Waals surface area contributed by atoms with Gasteiger partial charge in [0.25, 0.3) is 0 Å². The molecule has 0 bridgehead atoms. The summed E-state index contributed by atoms with van der Waals surface area (Å²) in [6, 6.07) is 5.76. The Bertz CT molecular complexity index is 601. The number of ether oxygens (including phenoxy) is 2. The molecule has 2 aromatic rings. The molecule has 0 saturated carbocycles. The van der Waals surface area contributed by atoms with E-state index in [2.05, 4.69) is 17.1 Å². The monoisotopic (exact) mass is 308 g/mol. The first kappa shape index (κ1) is 15.7. The largest absolute Gasteiger partial charge is 0.497 e. The Balaban J connectivity index is 2.17. The third-order valence-electron chi connectivity index (χ3n) is 3.14. The van der Waals surface area contributed by atoms with Crippen molar-refractivity contribution in [1.82, 2.24) is 14.8 Å². The maximum absolute atomic E-state index is 5.66. The fourth-order valence-electron chi connectivity index (χ4n) is 2.03. The van der Waals surface area contributed by atoms with E-state index in [-0.39, 0.29) is 0 Å². The minimum atomic E-state index is 0.393. The predicted molar refractivity (Wildman–Crippen MR) is 82.7 cm³/mol. The van der Waals surface area contributed by atoms with E-state index in [1.165, 1.54) is 0 Å². The van der Waals surface area contributed by atoms with Gasteiger partial charge in [0.2, 0.25) is 0 Å². The highest BCUT2D eigenvalue weighted by Crippen LogP contribution is 2.30. The summed E-state index contributed by atoms with van der Waals surface area (Å²) in [6.45, 7) is 3.25. The highest BCUT2D eigenvalue weighted by atomic mass is 32.2. The Morgan fingerprint density at radius 1 is 1.24 bits per heavy atom. The first-order valence-corrected chi connectivity index (χ1v) is 7.67.